The van der Waals surface area contributed by atoms with Crippen LogP contribution in [0, 0.1) is 0 Å². The summed E-state index contributed by atoms with van der Waals surface area (Å²) >= 11 is 0. The van der Waals surface area contributed by atoms with E-state index in [1.54, 1.807) is 6.92 Å². The van der Waals surface area contributed by atoms with E-state index in [1.165, 1.54) is 11.8 Å². The van der Waals surface area contributed by atoms with Crippen molar-refractivity contribution in [3.05, 3.63) is 12.7 Å². The second-order valence-corrected chi connectivity index (χ2v) is 2.34. The van der Waals surface area contributed by atoms with E-state index in [0.717, 1.165) is 6.08 Å². The first-order chi connectivity index (χ1) is 5.54. The van der Waals surface area contributed by atoms with Crippen molar-refractivity contribution in [1.29, 1.82) is 0 Å². The number of carbonyl (C=O) groups is 2. The minimum atomic E-state index is -1.01. The summed E-state index contributed by atoms with van der Waals surface area (Å²) in [7, 11) is 0. The fourth-order valence-electron chi connectivity index (χ4n) is 0.871. The van der Waals surface area contributed by atoms with Gasteiger partial charge in [0.1, 0.15) is 6.04 Å². The average molecular weight is 171 g/mol. The normalized spacial score (nSPS) is 11.8. The molecule has 0 aromatic carbocycles. The second kappa shape index (κ2) is 4.54. The largest absolute Gasteiger partial charge is 0.480 e. The van der Waals surface area contributed by atoms with E-state index in [9.17, 15) is 9.59 Å². The van der Waals surface area contributed by atoms with Gasteiger partial charge in [-0.15, -0.1) is 0 Å². The van der Waals surface area contributed by atoms with Crippen LogP contribution in [0.4, 0.5) is 0 Å². The molecule has 0 aliphatic carbocycles. The second-order valence-electron chi connectivity index (χ2n) is 2.34. The van der Waals surface area contributed by atoms with Crippen LogP contribution in [-0.2, 0) is 9.59 Å². The summed E-state index contributed by atoms with van der Waals surface area (Å²) < 4.78 is 0. The molecular formula is C8H13NO3. The highest BCUT2D eigenvalue weighted by Gasteiger charge is 2.21. The molecule has 0 aromatic rings. The molecule has 0 fully saturated rings. The number of carboxylic acids is 1. The number of carbonyl (C=O) groups excluding carboxylic acids is 1. The summed E-state index contributed by atoms with van der Waals surface area (Å²) in [5, 5.41) is 8.60. The van der Waals surface area contributed by atoms with Crippen molar-refractivity contribution in [1.82, 2.24) is 4.90 Å². The summed E-state index contributed by atoms with van der Waals surface area (Å²) in [6.07, 6.45) is 1.11. The lowest BCUT2D eigenvalue weighted by Gasteiger charge is -2.23. The molecule has 1 N–H and O–H groups in total. The topological polar surface area (TPSA) is 57.6 Å². The van der Waals surface area contributed by atoms with Crippen LogP contribution in [0.1, 0.15) is 13.8 Å². The molecule has 68 valence electrons. The van der Waals surface area contributed by atoms with Gasteiger partial charge in [0.2, 0.25) is 5.91 Å². The number of hydrogen-bond acceptors (Lipinski definition) is 2. The van der Waals surface area contributed by atoms with Crippen molar-refractivity contribution in [3.8, 4) is 0 Å². The first kappa shape index (κ1) is 10.7. The number of carboxylic acid groups (broad SMARTS) is 1. The third kappa shape index (κ3) is 2.38. The molecule has 0 rings (SSSR count). The molecule has 4 heteroatoms. The maximum absolute atomic E-state index is 11.0. The molecule has 0 radical (unpaired) electrons. The fraction of sp³-hybridized carbons (Fsp3) is 0.500. The minimum Gasteiger partial charge on any atom is -0.480 e. The molecule has 0 aliphatic rings. The maximum atomic E-state index is 11.0. The zero-order valence-corrected chi connectivity index (χ0v) is 7.28. The lowest BCUT2D eigenvalue weighted by Crippen LogP contribution is -2.42. The molecule has 0 spiro atoms. The van der Waals surface area contributed by atoms with E-state index in [1.807, 2.05) is 0 Å². The first-order valence-corrected chi connectivity index (χ1v) is 3.70. The van der Waals surface area contributed by atoms with Gasteiger partial charge >= 0.3 is 5.97 Å². The Morgan fingerprint density at radius 2 is 2.17 bits per heavy atom. The zero-order valence-electron chi connectivity index (χ0n) is 7.28. The number of hydrogen-bond donors (Lipinski definition) is 1. The Kier molecular flexibility index (Phi) is 4.04. The van der Waals surface area contributed by atoms with Crippen LogP contribution < -0.4 is 0 Å². The van der Waals surface area contributed by atoms with Crippen LogP contribution in [-0.4, -0.2) is 34.5 Å². The monoisotopic (exact) mass is 171 g/mol. The molecule has 12 heavy (non-hydrogen) atoms. The number of nitrogens with zero attached hydrogens (tertiary/aromatic N) is 1. The van der Waals surface area contributed by atoms with Crippen LogP contribution in [0.2, 0.25) is 0 Å². The molecule has 0 aromatic heterocycles. The molecule has 0 heterocycles. The van der Waals surface area contributed by atoms with Gasteiger partial charge in [-0.3, -0.25) is 4.79 Å². The van der Waals surface area contributed by atoms with E-state index >= 15 is 0 Å². The molecular weight excluding hydrogens is 158 g/mol. The van der Waals surface area contributed by atoms with Gasteiger partial charge in [0.15, 0.2) is 0 Å². The SMILES string of the molecule is C=CC(=O)N(CC)[C@H](C)C(=O)O. The van der Waals surface area contributed by atoms with E-state index in [0.29, 0.717) is 6.54 Å². The maximum Gasteiger partial charge on any atom is 0.326 e. The summed E-state index contributed by atoms with van der Waals surface area (Å²) in [5.74, 6) is -1.36. The Labute approximate surface area is 71.5 Å². The molecule has 0 bridgehead atoms. The van der Waals surface area contributed by atoms with E-state index < -0.39 is 12.0 Å². The molecule has 0 unspecified atom stereocenters. The van der Waals surface area contributed by atoms with Crippen LogP contribution in [0.5, 0.6) is 0 Å². The van der Waals surface area contributed by atoms with Gasteiger partial charge in [0.05, 0.1) is 0 Å². The number of amides is 1. The highest BCUT2D eigenvalue weighted by molar-refractivity contribution is 5.90. The lowest BCUT2D eigenvalue weighted by molar-refractivity contribution is -0.147. The molecule has 1 atom stereocenters. The smallest absolute Gasteiger partial charge is 0.326 e. The van der Waals surface area contributed by atoms with Gasteiger partial charge in [0, 0.05) is 6.54 Å². The molecule has 1 amide bonds. The van der Waals surface area contributed by atoms with Gasteiger partial charge < -0.3 is 10.0 Å². The average Bonchev–Trinajstić information content (AvgIpc) is 2.05. The zero-order chi connectivity index (χ0) is 9.72. The van der Waals surface area contributed by atoms with Crippen molar-refractivity contribution in [2.45, 2.75) is 19.9 Å². The third-order valence-electron chi connectivity index (χ3n) is 1.62. The fourth-order valence-corrected chi connectivity index (χ4v) is 0.871. The van der Waals surface area contributed by atoms with Gasteiger partial charge in [-0.1, -0.05) is 6.58 Å². The van der Waals surface area contributed by atoms with Gasteiger partial charge in [-0.05, 0) is 19.9 Å². The van der Waals surface area contributed by atoms with Crippen LogP contribution in [0.15, 0.2) is 12.7 Å². The predicted molar refractivity (Wildman–Crippen MR) is 44.7 cm³/mol. The number of rotatable bonds is 4. The summed E-state index contributed by atoms with van der Waals surface area (Å²) in [5.41, 5.74) is 0. The van der Waals surface area contributed by atoms with Crippen LogP contribution >= 0.6 is 0 Å². The van der Waals surface area contributed by atoms with Gasteiger partial charge in [0.25, 0.3) is 0 Å². The Bertz CT molecular complexity index is 200. The summed E-state index contributed by atoms with van der Waals surface area (Å²) in [6, 6.07) is -0.791. The molecule has 0 saturated heterocycles. The van der Waals surface area contributed by atoms with Crippen molar-refractivity contribution in [2.75, 3.05) is 6.54 Å². The quantitative estimate of drug-likeness (QED) is 0.626. The Hall–Kier alpha value is -1.32. The van der Waals surface area contributed by atoms with E-state index in [-0.39, 0.29) is 5.91 Å². The van der Waals surface area contributed by atoms with Crippen molar-refractivity contribution < 1.29 is 14.7 Å². The molecule has 4 nitrogen and oxygen atoms in total. The Morgan fingerprint density at radius 3 is 2.42 bits per heavy atom. The van der Waals surface area contributed by atoms with Crippen molar-refractivity contribution in [3.63, 3.8) is 0 Å². The van der Waals surface area contributed by atoms with Crippen LogP contribution in [0.3, 0.4) is 0 Å². The summed E-state index contributed by atoms with van der Waals surface area (Å²) in [4.78, 5) is 22.8. The van der Waals surface area contributed by atoms with E-state index in [2.05, 4.69) is 6.58 Å². The Morgan fingerprint density at radius 1 is 1.67 bits per heavy atom. The minimum absolute atomic E-state index is 0.354. The van der Waals surface area contributed by atoms with Crippen molar-refractivity contribution >= 4 is 11.9 Å². The highest BCUT2D eigenvalue weighted by Crippen LogP contribution is 1.99. The molecule has 0 aliphatic heterocycles. The molecule has 0 saturated carbocycles. The van der Waals surface area contributed by atoms with Gasteiger partial charge in [-0.2, -0.15) is 0 Å². The lowest BCUT2D eigenvalue weighted by atomic mass is 10.3. The van der Waals surface area contributed by atoms with Crippen molar-refractivity contribution in [2.24, 2.45) is 0 Å². The number of aliphatic carboxylic acids is 1. The Balaban J connectivity index is 4.43. The highest BCUT2D eigenvalue weighted by atomic mass is 16.4. The predicted octanol–water partition coefficient (Wildman–Crippen LogP) is 0.494. The summed E-state index contributed by atoms with van der Waals surface area (Å²) in [6.45, 7) is 6.85. The van der Waals surface area contributed by atoms with E-state index in [4.69, 9.17) is 5.11 Å². The first-order valence-electron chi connectivity index (χ1n) is 3.70. The van der Waals surface area contributed by atoms with Crippen LogP contribution in [0.25, 0.3) is 0 Å². The van der Waals surface area contributed by atoms with Gasteiger partial charge in [-0.25, -0.2) is 4.79 Å². The third-order valence-corrected chi connectivity index (χ3v) is 1.62. The number of likely N-dealkylation sites (N-methyl/N-ethyl adjacent to an activating group) is 1. The standard InChI is InChI=1S/C8H13NO3/c1-4-7(10)9(5-2)6(3)8(11)12/h4,6H,1,5H2,2-3H3,(H,11,12)/t6-/m1/s1.